The minimum atomic E-state index is -3.62. The van der Waals surface area contributed by atoms with Crippen LogP contribution >= 0.6 is 15.9 Å². The van der Waals surface area contributed by atoms with Crippen LogP contribution in [0.3, 0.4) is 0 Å². The minimum absolute atomic E-state index is 0.133. The highest BCUT2D eigenvalue weighted by molar-refractivity contribution is 9.10. The minimum Gasteiger partial charge on any atom is -0.486 e. The normalized spacial score (nSPS) is 14.1. The summed E-state index contributed by atoms with van der Waals surface area (Å²) >= 11 is 3.27. The van der Waals surface area contributed by atoms with Gasteiger partial charge in [0.1, 0.15) is 18.1 Å². The van der Waals surface area contributed by atoms with Crippen LogP contribution in [0.25, 0.3) is 0 Å². The molecule has 0 atom stereocenters. The number of halogens is 1. The summed E-state index contributed by atoms with van der Waals surface area (Å²) in [7, 11) is -2.01. The number of benzene rings is 1. The summed E-state index contributed by atoms with van der Waals surface area (Å²) in [5, 5.41) is 3.07. The molecule has 124 valence electrons. The molecule has 22 heavy (non-hydrogen) atoms. The predicted octanol–water partition coefficient (Wildman–Crippen LogP) is 0.735. The second kappa shape index (κ2) is 8.11. The lowest BCUT2D eigenvalue weighted by atomic mass is 10.3. The highest BCUT2D eigenvalue weighted by Gasteiger charge is 2.22. The van der Waals surface area contributed by atoms with Gasteiger partial charge in [-0.25, -0.2) is 13.1 Å². The maximum absolute atomic E-state index is 12.3. The Morgan fingerprint density at radius 3 is 2.55 bits per heavy atom. The Kier molecular flexibility index (Phi) is 6.45. The molecule has 0 saturated heterocycles. The number of sulfonamides is 1. The van der Waals surface area contributed by atoms with Gasteiger partial charge in [0, 0.05) is 37.3 Å². The Morgan fingerprint density at radius 2 is 1.86 bits per heavy atom. The molecule has 0 saturated carbocycles. The monoisotopic (exact) mass is 394 g/mol. The molecule has 1 heterocycles. The van der Waals surface area contributed by atoms with E-state index in [2.05, 4.69) is 26.0 Å². The predicted molar refractivity (Wildman–Crippen MR) is 85.1 cm³/mol. The number of nitrogens with one attached hydrogen (secondary N) is 2. The van der Waals surface area contributed by atoms with Gasteiger partial charge < -0.3 is 19.5 Å². The van der Waals surface area contributed by atoms with Crippen molar-refractivity contribution in [1.29, 1.82) is 0 Å². The third-order valence-electron chi connectivity index (χ3n) is 2.96. The van der Waals surface area contributed by atoms with E-state index in [-0.39, 0.29) is 11.4 Å². The van der Waals surface area contributed by atoms with E-state index >= 15 is 0 Å². The average molecular weight is 395 g/mol. The molecule has 1 aromatic rings. The molecule has 0 radical (unpaired) electrons. The van der Waals surface area contributed by atoms with E-state index in [9.17, 15) is 8.42 Å². The summed E-state index contributed by atoms with van der Waals surface area (Å²) in [6.45, 7) is 2.92. The molecule has 2 rings (SSSR count). The molecule has 1 aliphatic heterocycles. The number of methoxy groups -OCH3 is 1. The first kappa shape index (κ1) is 17.5. The van der Waals surface area contributed by atoms with Gasteiger partial charge in [0.05, 0.1) is 6.61 Å². The molecule has 0 fully saturated rings. The molecule has 0 amide bonds. The first-order chi connectivity index (χ1) is 10.5. The van der Waals surface area contributed by atoms with Crippen molar-refractivity contribution in [3.05, 3.63) is 16.6 Å². The van der Waals surface area contributed by atoms with Gasteiger partial charge in [0.15, 0.2) is 11.5 Å². The van der Waals surface area contributed by atoms with Gasteiger partial charge in [-0.3, -0.25) is 0 Å². The fourth-order valence-corrected chi connectivity index (χ4v) is 3.97. The fourth-order valence-electron chi connectivity index (χ4n) is 1.90. The molecule has 1 aliphatic rings. The van der Waals surface area contributed by atoms with Gasteiger partial charge in [0.2, 0.25) is 10.0 Å². The molecule has 0 spiro atoms. The summed E-state index contributed by atoms with van der Waals surface area (Å²) in [5.74, 6) is 0.978. The van der Waals surface area contributed by atoms with E-state index in [0.29, 0.717) is 48.9 Å². The SMILES string of the molecule is COCCNCCNS(=O)(=O)c1cc2c(cc1Br)OCCO2. The van der Waals surface area contributed by atoms with Crippen LogP contribution < -0.4 is 19.5 Å². The third kappa shape index (κ3) is 4.56. The molecular weight excluding hydrogens is 376 g/mol. The van der Waals surface area contributed by atoms with Crippen molar-refractivity contribution >= 4 is 26.0 Å². The topological polar surface area (TPSA) is 85.9 Å². The van der Waals surface area contributed by atoms with Crippen molar-refractivity contribution in [2.24, 2.45) is 0 Å². The van der Waals surface area contributed by atoms with Crippen molar-refractivity contribution in [3.63, 3.8) is 0 Å². The van der Waals surface area contributed by atoms with Gasteiger partial charge in [0.25, 0.3) is 0 Å². The molecule has 0 aliphatic carbocycles. The van der Waals surface area contributed by atoms with E-state index in [0.717, 1.165) is 0 Å². The number of fused-ring (bicyclic) bond motifs is 1. The lowest BCUT2D eigenvalue weighted by Crippen LogP contribution is -2.33. The zero-order valence-corrected chi connectivity index (χ0v) is 14.6. The highest BCUT2D eigenvalue weighted by atomic mass is 79.9. The van der Waals surface area contributed by atoms with Crippen LogP contribution in [0.2, 0.25) is 0 Å². The fraction of sp³-hybridized carbons (Fsp3) is 0.538. The average Bonchev–Trinajstić information content (AvgIpc) is 2.50. The van der Waals surface area contributed by atoms with Crippen LogP contribution in [0.1, 0.15) is 0 Å². The van der Waals surface area contributed by atoms with Gasteiger partial charge in [-0.2, -0.15) is 0 Å². The molecule has 9 heteroatoms. The van der Waals surface area contributed by atoms with Crippen LogP contribution in [-0.4, -0.2) is 55.0 Å². The van der Waals surface area contributed by atoms with Crippen LogP contribution in [0.5, 0.6) is 11.5 Å². The molecule has 0 aromatic heterocycles. The summed E-state index contributed by atoms with van der Waals surface area (Å²) in [6, 6.07) is 3.08. The van der Waals surface area contributed by atoms with E-state index < -0.39 is 10.0 Å². The summed E-state index contributed by atoms with van der Waals surface area (Å²) in [5.41, 5.74) is 0. The van der Waals surface area contributed by atoms with Gasteiger partial charge in [-0.15, -0.1) is 0 Å². The zero-order chi connectivity index (χ0) is 16.0. The number of rotatable bonds is 8. The number of hydrogen-bond acceptors (Lipinski definition) is 6. The van der Waals surface area contributed by atoms with Crippen LogP contribution in [0.15, 0.2) is 21.5 Å². The Hall–Kier alpha value is -0.870. The second-order valence-corrected chi connectivity index (χ2v) is 7.16. The van der Waals surface area contributed by atoms with Crippen molar-refractivity contribution in [2.45, 2.75) is 4.90 Å². The van der Waals surface area contributed by atoms with Crippen molar-refractivity contribution < 1.29 is 22.6 Å². The third-order valence-corrected chi connectivity index (χ3v) is 5.38. The summed E-state index contributed by atoms with van der Waals surface area (Å²) < 4.78 is 43.4. The lowest BCUT2D eigenvalue weighted by Gasteiger charge is -2.20. The first-order valence-corrected chi connectivity index (χ1v) is 9.10. The largest absolute Gasteiger partial charge is 0.486 e. The zero-order valence-electron chi connectivity index (χ0n) is 12.2. The molecule has 2 N–H and O–H groups in total. The maximum Gasteiger partial charge on any atom is 0.241 e. The second-order valence-electron chi connectivity index (χ2n) is 4.57. The molecular formula is C13H19BrN2O5S. The molecule has 7 nitrogen and oxygen atoms in total. The highest BCUT2D eigenvalue weighted by Crippen LogP contribution is 2.37. The Morgan fingerprint density at radius 1 is 1.18 bits per heavy atom. The summed E-state index contributed by atoms with van der Waals surface area (Å²) in [6.07, 6.45) is 0. The van der Waals surface area contributed by atoms with Gasteiger partial charge in [-0.1, -0.05) is 0 Å². The molecule has 0 unspecified atom stereocenters. The Bertz CT molecular complexity index is 609. The Labute approximate surface area is 138 Å². The van der Waals surface area contributed by atoms with Crippen LogP contribution in [0.4, 0.5) is 0 Å². The van der Waals surface area contributed by atoms with E-state index in [4.69, 9.17) is 14.2 Å². The lowest BCUT2D eigenvalue weighted by molar-refractivity contribution is 0.171. The maximum atomic E-state index is 12.3. The van der Waals surface area contributed by atoms with Gasteiger partial charge in [-0.05, 0) is 22.0 Å². The molecule has 0 bridgehead atoms. The molecule has 1 aromatic carbocycles. The quantitative estimate of drug-likeness (QED) is 0.632. The van der Waals surface area contributed by atoms with E-state index in [1.807, 2.05) is 0 Å². The number of ether oxygens (including phenoxy) is 3. The first-order valence-electron chi connectivity index (χ1n) is 6.83. The van der Waals surface area contributed by atoms with E-state index in [1.54, 1.807) is 13.2 Å². The van der Waals surface area contributed by atoms with Crippen molar-refractivity contribution in [2.75, 3.05) is 46.6 Å². The van der Waals surface area contributed by atoms with Crippen molar-refractivity contribution in [3.8, 4) is 11.5 Å². The number of hydrogen-bond donors (Lipinski definition) is 2. The summed E-state index contributed by atoms with van der Waals surface area (Å²) in [4.78, 5) is 0.133. The van der Waals surface area contributed by atoms with E-state index in [1.165, 1.54) is 6.07 Å². The van der Waals surface area contributed by atoms with Crippen LogP contribution in [0, 0.1) is 0 Å². The van der Waals surface area contributed by atoms with Crippen LogP contribution in [-0.2, 0) is 14.8 Å². The van der Waals surface area contributed by atoms with Crippen molar-refractivity contribution in [1.82, 2.24) is 10.0 Å². The smallest absolute Gasteiger partial charge is 0.241 e. The standard InChI is InChI=1S/C13H19BrN2O5S/c1-19-5-4-15-2-3-16-22(17,18)13-9-12-11(8-10(13)14)20-6-7-21-12/h8-9,15-16H,2-7H2,1H3. The van der Waals surface area contributed by atoms with Gasteiger partial charge >= 0.3 is 0 Å². The Balaban J connectivity index is 2.00.